The first-order valence-corrected chi connectivity index (χ1v) is 5.63. The fourth-order valence-corrected chi connectivity index (χ4v) is 1.72. The van der Waals surface area contributed by atoms with Crippen LogP contribution < -0.4 is 16.4 Å². The quantitative estimate of drug-likeness (QED) is 0.750. The van der Waals surface area contributed by atoms with Gasteiger partial charge in [0.2, 0.25) is 0 Å². The fraction of sp³-hybridized carbons (Fsp3) is 0.333. The Hall–Kier alpha value is -2.04. The van der Waals surface area contributed by atoms with Crippen LogP contribution in [-0.2, 0) is 0 Å². The molecule has 1 heterocycles. The van der Waals surface area contributed by atoms with Crippen LogP contribution in [0.25, 0.3) is 10.8 Å². The molecule has 0 aliphatic rings. The Kier molecular flexibility index (Phi) is 2.99. The average Bonchev–Trinajstić information content (AvgIpc) is 2.34. The van der Waals surface area contributed by atoms with Gasteiger partial charge >= 0.3 is 0 Å². The Bertz CT molecular complexity index is 642. The van der Waals surface area contributed by atoms with Crippen LogP contribution in [0.5, 0.6) is 0 Å². The average molecular weight is 233 g/mol. The highest BCUT2D eigenvalue weighted by Crippen LogP contribution is 2.18. The maximum absolute atomic E-state index is 11.8. The van der Waals surface area contributed by atoms with Crippen molar-refractivity contribution in [1.29, 1.82) is 0 Å². The van der Waals surface area contributed by atoms with Crippen LogP contribution in [0.2, 0.25) is 0 Å². The van der Waals surface area contributed by atoms with Gasteiger partial charge in [-0.2, -0.15) is 0 Å². The van der Waals surface area contributed by atoms with Crippen LogP contribution in [0.3, 0.4) is 0 Å². The van der Waals surface area contributed by atoms with Crippen molar-refractivity contribution in [2.75, 3.05) is 5.32 Å². The summed E-state index contributed by atoms with van der Waals surface area (Å²) in [6.45, 7) is 4.08. The maximum Gasteiger partial charge on any atom is 0.272 e. The number of anilines is 1. The summed E-state index contributed by atoms with van der Waals surface area (Å²) in [6, 6.07) is 5.47. The lowest BCUT2D eigenvalue weighted by molar-refractivity contribution is 0.765. The number of hydrogen-bond acceptors (Lipinski definition) is 3. The highest BCUT2D eigenvalue weighted by Gasteiger charge is 2.09. The highest BCUT2D eigenvalue weighted by atomic mass is 16.1. The smallest absolute Gasteiger partial charge is 0.272 e. The van der Waals surface area contributed by atoms with E-state index in [-0.39, 0.29) is 17.2 Å². The Morgan fingerprint density at radius 3 is 2.65 bits per heavy atom. The third kappa shape index (κ3) is 2.08. The van der Waals surface area contributed by atoms with Gasteiger partial charge in [0.15, 0.2) is 0 Å². The summed E-state index contributed by atoms with van der Waals surface area (Å²) < 4.78 is 0. The van der Waals surface area contributed by atoms with Crippen LogP contribution in [0.1, 0.15) is 20.3 Å². The van der Waals surface area contributed by atoms with Crippen molar-refractivity contribution in [3.05, 3.63) is 38.9 Å². The van der Waals surface area contributed by atoms with E-state index in [1.54, 1.807) is 12.1 Å². The van der Waals surface area contributed by atoms with E-state index in [1.165, 1.54) is 0 Å². The number of aromatic nitrogens is 2. The number of fused-ring (bicyclic) bond motifs is 1. The largest absolute Gasteiger partial charge is 0.382 e. The summed E-state index contributed by atoms with van der Waals surface area (Å²) in [5.74, 6) is 0. The molecule has 0 spiro atoms. The summed E-state index contributed by atoms with van der Waals surface area (Å²) in [7, 11) is 0. The van der Waals surface area contributed by atoms with Crippen LogP contribution in [-0.4, -0.2) is 16.2 Å². The Morgan fingerprint density at radius 2 is 1.94 bits per heavy atom. The zero-order chi connectivity index (χ0) is 12.4. The molecule has 2 aromatic rings. The van der Waals surface area contributed by atoms with E-state index in [2.05, 4.69) is 22.4 Å². The summed E-state index contributed by atoms with van der Waals surface area (Å²) in [4.78, 5) is 23.3. The summed E-state index contributed by atoms with van der Waals surface area (Å²) in [5, 5.41) is 8.71. The van der Waals surface area contributed by atoms with Crippen LogP contribution in [0.15, 0.2) is 27.8 Å². The van der Waals surface area contributed by atoms with Crippen molar-refractivity contribution in [1.82, 2.24) is 10.2 Å². The first-order valence-electron chi connectivity index (χ1n) is 5.63. The van der Waals surface area contributed by atoms with Crippen molar-refractivity contribution in [3.63, 3.8) is 0 Å². The van der Waals surface area contributed by atoms with Crippen molar-refractivity contribution in [2.24, 2.45) is 0 Å². The topological polar surface area (TPSA) is 77.8 Å². The van der Waals surface area contributed by atoms with E-state index in [1.807, 2.05) is 13.0 Å². The van der Waals surface area contributed by atoms with E-state index >= 15 is 0 Å². The molecule has 0 aliphatic heterocycles. The van der Waals surface area contributed by atoms with Gasteiger partial charge < -0.3 is 5.32 Å². The molecule has 17 heavy (non-hydrogen) atoms. The van der Waals surface area contributed by atoms with E-state index in [9.17, 15) is 9.59 Å². The molecule has 0 amide bonds. The van der Waals surface area contributed by atoms with Crippen LogP contribution in [0.4, 0.5) is 5.69 Å². The first-order chi connectivity index (χ1) is 8.13. The summed E-state index contributed by atoms with van der Waals surface area (Å²) in [5.41, 5.74) is 0.127. The number of nitrogens with one attached hydrogen (secondary N) is 3. The SMILES string of the molecule is CCC(C)Nc1cccc2c(=O)[nH][nH]c(=O)c12. The lowest BCUT2D eigenvalue weighted by atomic mass is 10.1. The molecule has 0 saturated heterocycles. The lowest BCUT2D eigenvalue weighted by Gasteiger charge is -2.14. The molecule has 1 aromatic heterocycles. The minimum Gasteiger partial charge on any atom is -0.382 e. The molecule has 1 atom stereocenters. The third-order valence-electron chi connectivity index (χ3n) is 2.84. The molecule has 0 aliphatic carbocycles. The van der Waals surface area contributed by atoms with Crippen LogP contribution in [0, 0.1) is 0 Å². The maximum atomic E-state index is 11.8. The summed E-state index contributed by atoms with van der Waals surface area (Å²) in [6.07, 6.45) is 0.942. The molecule has 1 aromatic carbocycles. The van der Waals surface area contributed by atoms with E-state index < -0.39 is 0 Å². The molecule has 0 saturated carbocycles. The molecule has 0 fully saturated rings. The van der Waals surface area contributed by atoms with Gasteiger partial charge in [-0.05, 0) is 25.5 Å². The molecule has 3 N–H and O–H groups in total. The van der Waals surface area contributed by atoms with Gasteiger partial charge in [0, 0.05) is 11.7 Å². The van der Waals surface area contributed by atoms with Gasteiger partial charge in [0.1, 0.15) is 0 Å². The van der Waals surface area contributed by atoms with E-state index in [4.69, 9.17) is 0 Å². The number of aromatic amines is 2. The molecular formula is C12H15N3O2. The van der Waals surface area contributed by atoms with E-state index in [0.29, 0.717) is 16.5 Å². The second-order valence-corrected chi connectivity index (χ2v) is 4.09. The molecule has 2 rings (SSSR count). The van der Waals surface area contributed by atoms with Gasteiger partial charge in [-0.25, -0.2) is 0 Å². The summed E-state index contributed by atoms with van der Waals surface area (Å²) >= 11 is 0. The monoisotopic (exact) mass is 233 g/mol. The normalized spacial score (nSPS) is 12.6. The van der Waals surface area contributed by atoms with Gasteiger partial charge in [-0.1, -0.05) is 13.0 Å². The second-order valence-electron chi connectivity index (χ2n) is 4.09. The second kappa shape index (κ2) is 4.45. The Morgan fingerprint density at radius 1 is 1.24 bits per heavy atom. The van der Waals surface area contributed by atoms with Crippen molar-refractivity contribution in [2.45, 2.75) is 26.3 Å². The Balaban J connectivity index is 2.69. The van der Waals surface area contributed by atoms with Gasteiger partial charge in [-0.3, -0.25) is 19.8 Å². The zero-order valence-corrected chi connectivity index (χ0v) is 9.83. The predicted molar refractivity (Wildman–Crippen MR) is 68.6 cm³/mol. The molecule has 5 nitrogen and oxygen atoms in total. The predicted octanol–water partition coefficient (Wildman–Crippen LogP) is 1.43. The molecule has 0 radical (unpaired) electrons. The number of hydrogen-bond donors (Lipinski definition) is 3. The molecule has 5 heteroatoms. The van der Waals surface area contributed by atoms with Crippen molar-refractivity contribution in [3.8, 4) is 0 Å². The Labute approximate surface area is 97.9 Å². The molecule has 0 bridgehead atoms. The minimum absolute atomic E-state index is 0.249. The number of rotatable bonds is 3. The van der Waals surface area contributed by atoms with Crippen molar-refractivity contribution < 1.29 is 0 Å². The van der Waals surface area contributed by atoms with Crippen molar-refractivity contribution >= 4 is 16.5 Å². The third-order valence-corrected chi connectivity index (χ3v) is 2.84. The molecule has 1 unspecified atom stereocenters. The van der Waals surface area contributed by atoms with E-state index in [0.717, 1.165) is 6.42 Å². The van der Waals surface area contributed by atoms with Gasteiger partial charge in [-0.15, -0.1) is 0 Å². The van der Waals surface area contributed by atoms with Gasteiger partial charge in [0.25, 0.3) is 11.1 Å². The van der Waals surface area contributed by atoms with Gasteiger partial charge in [0.05, 0.1) is 10.8 Å². The first kappa shape index (κ1) is 11.4. The molecular weight excluding hydrogens is 218 g/mol. The number of H-pyrrole nitrogens is 2. The lowest BCUT2D eigenvalue weighted by Crippen LogP contribution is -2.22. The zero-order valence-electron chi connectivity index (χ0n) is 9.83. The molecule has 90 valence electrons. The fourth-order valence-electron chi connectivity index (χ4n) is 1.72. The highest BCUT2D eigenvalue weighted by molar-refractivity contribution is 5.92. The number of benzene rings is 1. The standard InChI is InChI=1S/C12H15N3O2/c1-3-7(2)13-9-6-4-5-8-10(9)12(17)15-14-11(8)16/h4-7,13H,3H2,1-2H3,(H,14,16)(H,15,17). The minimum atomic E-state index is -0.286. The van der Waals surface area contributed by atoms with Crippen LogP contribution >= 0.6 is 0 Å².